The lowest BCUT2D eigenvalue weighted by Crippen LogP contribution is -2.28. The number of ether oxygens (including phenoxy) is 1. The van der Waals surface area contributed by atoms with Crippen LogP contribution in [0.25, 0.3) is 0 Å². The van der Waals surface area contributed by atoms with Crippen LogP contribution in [0.4, 0.5) is 0 Å². The molecule has 1 aliphatic heterocycles. The number of benzene rings is 1. The summed E-state index contributed by atoms with van der Waals surface area (Å²) < 4.78 is 5.77. The highest BCUT2D eigenvalue weighted by Gasteiger charge is 2.13. The highest BCUT2D eigenvalue weighted by Crippen LogP contribution is 2.26. The fourth-order valence-electron chi connectivity index (χ4n) is 2.23. The van der Waals surface area contributed by atoms with Crippen molar-refractivity contribution in [3.05, 3.63) is 28.8 Å². The molecule has 0 aliphatic carbocycles. The zero-order valence-corrected chi connectivity index (χ0v) is 12.3. The van der Waals surface area contributed by atoms with Crippen LogP contribution in [-0.2, 0) is 0 Å². The first-order valence-electron chi connectivity index (χ1n) is 6.35. The second kappa shape index (κ2) is 7.88. The van der Waals surface area contributed by atoms with Crippen molar-refractivity contribution in [3.63, 3.8) is 0 Å². The third kappa shape index (κ3) is 4.68. The molecular formula is C14H21Cl2NO. The van der Waals surface area contributed by atoms with Crippen LogP contribution in [0.2, 0.25) is 5.02 Å². The van der Waals surface area contributed by atoms with Gasteiger partial charge in [-0.3, -0.25) is 0 Å². The average Bonchev–Trinajstić information content (AvgIpc) is 2.35. The Labute approximate surface area is 120 Å². The Morgan fingerprint density at radius 1 is 1.33 bits per heavy atom. The van der Waals surface area contributed by atoms with Crippen molar-refractivity contribution in [2.75, 3.05) is 19.7 Å². The smallest absolute Gasteiger partial charge is 0.138 e. The molecule has 0 bridgehead atoms. The molecule has 1 aliphatic rings. The quantitative estimate of drug-likeness (QED) is 0.909. The lowest BCUT2D eigenvalue weighted by molar-refractivity contribution is 0.252. The van der Waals surface area contributed by atoms with Gasteiger partial charge in [-0.2, -0.15) is 0 Å². The SMILES string of the molecule is Cc1ccc(Cl)c(OCCC2CCNCC2)c1.Cl. The molecule has 102 valence electrons. The van der Waals surface area contributed by atoms with Gasteiger partial charge in [-0.05, 0) is 62.9 Å². The molecule has 2 rings (SSSR count). The van der Waals surface area contributed by atoms with Gasteiger partial charge < -0.3 is 10.1 Å². The molecule has 2 nitrogen and oxygen atoms in total. The molecule has 1 N–H and O–H groups in total. The molecule has 1 heterocycles. The highest BCUT2D eigenvalue weighted by atomic mass is 35.5. The van der Waals surface area contributed by atoms with Crippen molar-refractivity contribution in [2.24, 2.45) is 5.92 Å². The molecule has 0 spiro atoms. The summed E-state index contributed by atoms with van der Waals surface area (Å²) in [7, 11) is 0. The molecule has 0 saturated carbocycles. The van der Waals surface area contributed by atoms with E-state index in [0.717, 1.165) is 37.8 Å². The minimum Gasteiger partial charge on any atom is -0.492 e. The van der Waals surface area contributed by atoms with E-state index in [9.17, 15) is 0 Å². The van der Waals surface area contributed by atoms with Crippen LogP contribution in [-0.4, -0.2) is 19.7 Å². The van der Waals surface area contributed by atoms with Crippen LogP contribution in [0.5, 0.6) is 5.75 Å². The van der Waals surface area contributed by atoms with Crippen molar-refractivity contribution in [2.45, 2.75) is 26.2 Å². The Kier molecular flexibility index (Phi) is 6.83. The van der Waals surface area contributed by atoms with Crippen molar-refractivity contribution in [3.8, 4) is 5.75 Å². The number of piperidine rings is 1. The first kappa shape index (κ1) is 15.6. The lowest BCUT2D eigenvalue weighted by atomic mass is 9.95. The standard InChI is InChI=1S/C14H20ClNO.ClH/c1-11-2-3-13(15)14(10-11)17-9-6-12-4-7-16-8-5-12;/h2-3,10,12,16H,4-9H2,1H3;1H. The predicted molar refractivity (Wildman–Crippen MR) is 79.1 cm³/mol. The Balaban J connectivity index is 0.00000162. The lowest BCUT2D eigenvalue weighted by Gasteiger charge is -2.22. The van der Waals surface area contributed by atoms with Gasteiger partial charge >= 0.3 is 0 Å². The van der Waals surface area contributed by atoms with Crippen molar-refractivity contribution >= 4 is 24.0 Å². The van der Waals surface area contributed by atoms with E-state index < -0.39 is 0 Å². The molecule has 0 radical (unpaired) electrons. The molecule has 0 amide bonds. The van der Waals surface area contributed by atoms with Gasteiger partial charge in [-0.25, -0.2) is 0 Å². The molecule has 18 heavy (non-hydrogen) atoms. The fraction of sp³-hybridized carbons (Fsp3) is 0.571. The summed E-state index contributed by atoms with van der Waals surface area (Å²) in [6, 6.07) is 5.91. The second-order valence-corrected chi connectivity index (χ2v) is 5.17. The van der Waals surface area contributed by atoms with Gasteiger partial charge in [0.15, 0.2) is 0 Å². The molecule has 0 aromatic heterocycles. The molecule has 1 fully saturated rings. The summed E-state index contributed by atoms with van der Waals surface area (Å²) in [5.41, 5.74) is 1.19. The normalized spacial score (nSPS) is 16.1. The van der Waals surface area contributed by atoms with Crippen molar-refractivity contribution < 1.29 is 4.74 Å². The van der Waals surface area contributed by atoms with Crippen LogP contribution in [0.15, 0.2) is 18.2 Å². The summed E-state index contributed by atoms with van der Waals surface area (Å²) in [5, 5.41) is 4.09. The average molecular weight is 290 g/mol. The van der Waals surface area contributed by atoms with Crippen LogP contribution in [0, 0.1) is 12.8 Å². The fourth-order valence-corrected chi connectivity index (χ4v) is 2.40. The largest absolute Gasteiger partial charge is 0.492 e. The molecule has 1 saturated heterocycles. The minimum absolute atomic E-state index is 0. The Bertz CT molecular complexity index is 365. The van der Waals surface area contributed by atoms with Crippen LogP contribution >= 0.6 is 24.0 Å². The topological polar surface area (TPSA) is 21.3 Å². The number of rotatable bonds is 4. The number of halogens is 2. The van der Waals surface area contributed by atoms with Crippen molar-refractivity contribution in [1.82, 2.24) is 5.32 Å². The summed E-state index contributed by atoms with van der Waals surface area (Å²) in [6.07, 6.45) is 3.67. The van der Waals surface area contributed by atoms with E-state index in [0.29, 0.717) is 5.02 Å². The van der Waals surface area contributed by atoms with Crippen LogP contribution in [0.1, 0.15) is 24.8 Å². The maximum Gasteiger partial charge on any atom is 0.138 e. The Morgan fingerprint density at radius 2 is 2.06 bits per heavy atom. The van der Waals surface area contributed by atoms with E-state index in [1.165, 1.54) is 18.4 Å². The maximum atomic E-state index is 6.08. The minimum atomic E-state index is 0. The maximum absolute atomic E-state index is 6.08. The number of hydrogen-bond donors (Lipinski definition) is 1. The van der Waals surface area contributed by atoms with E-state index in [-0.39, 0.29) is 12.4 Å². The Hall–Kier alpha value is -0.440. The second-order valence-electron chi connectivity index (χ2n) is 4.76. The van der Waals surface area contributed by atoms with E-state index >= 15 is 0 Å². The zero-order valence-electron chi connectivity index (χ0n) is 10.7. The predicted octanol–water partition coefficient (Wildman–Crippen LogP) is 3.84. The monoisotopic (exact) mass is 289 g/mol. The van der Waals surface area contributed by atoms with Gasteiger partial charge in [-0.15, -0.1) is 12.4 Å². The van der Waals surface area contributed by atoms with Gasteiger partial charge in [0.05, 0.1) is 11.6 Å². The van der Waals surface area contributed by atoms with Gasteiger partial charge in [-0.1, -0.05) is 17.7 Å². The molecule has 0 unspecified atom stereocenters. The highest BCUT2D eigenvalue weighted by molar-refractivity contribution is 6.32. The van der Waals surface area contributed by atoms with Crippen LogP contribution in [0.3, 0.4) is 0 Å². The molecule has 4 heteroatoms. The summed E-state index contributed by atoms with van der Waals surface area (Å²) in [4.78, 5) is 0. The van der Waals surface area contributed by atoms with Crippen molar-refractivity contribution in [1.29, 1.82) is 0 Å². The van der Waals surface area contributed by atoms with E-state index in [1.54, 1.807) is 0 Å². The first-order valence-corrected chi connectivity index (χ1v) is 6.73. The first-order chi connectivity index (χ1) is 8.25. The summed E-state index contributed by atoms with van der Waals surface area (Å²) >= 11 is 6.08. The molecule has 1 aromatic rings. The molecule has 1 aromatic carbocycles. The van der Waals surface area contributed by atoms with Gasteiger partial charge in [0.25, 0.3) is 0 Å². The van der Waals surface area contributed by atoms with E-state index in [4.69, 9.17) is 16.3 Å². The van der Waals surface area contributed by atoms with E-state index in [2.05, 4.69) is 12.2 Å². The third-order valence-corrected chi connectivity index (χ3v) is 3.64. The van der Waals surface area contributed by atoms with Gasteiger partial charge in [0.1, 0.15) is 5.75 Å². The number of aryl methyl sites for hydroxylation is 1. The van der Waals surface area contributed by atoms with Gasteiger partial charge in [0, 0.05) is 0 Å². The van der Waals surface area contributed by atoms with E-state index in [1.807, 2.05) is 18.2 Å². The van der Waals surface area contributed by atoms with Gasteiger partial charge in [0.2, 0.25) is 0 Å². The summed E-state index contributed by atoms with van der Waals surface area (Å²) in [5.74, 6) is 1.63. The number of hydrogen-bond acceptors (Lipinski definition) is 2. The molecule has 0 atom stereocenters. The zero-order chi connectivity index (χ0) is 12.1. The third-order valence-electron chi connectivity index (χ3n) is 3.33. The molecular weight excluding hydrogens is 269 g/mol. The van der Waals surface area contributed by atoms with Crippen LogP contribution < -0.4 is 10.1 Å². The summed E-state index contributed by atoms with van der Waals surface area (Å²) in [6.45, 7) is 5.12. The number of nitrogens with one attached hydrogen (secondary N) is 1. The Morgan fingerprint density at radius 3 is 2.78 bits per heavy atom.